The average Bonchev–Trinajstić information content (AvgIpc) is 2.47. The lowest BCUT2D eigenvalue weighted by Crippen LogP contribution is -2.44. The Morgan fingerprint density at radius 2 is 1.45 bits per heavy atom. The second kappa shape index (κ2) is 9.30. The minimum absolute atomic E-state index is 0.524. The molecule has 122 valence electrons. The molecule has 1 aromatic carbocycles. The lowest BCUT2D eigenvalue weighted by atomic mass is 10.1. The second-order valence-corrected chi connectivity index (χ2v) is 6.25. The van der Waals surface area contributed by atoms with Crippen molar-refractivity contribution in [2.45, 2.75) is 22.8 Å². The van der Waals surface area contributed by atoms with Crippen LogP contribution in [-0.4, -0.2) is 28.1 Å². The highest BCUT2D eigenvalue weighted by atomic mass is 35.5. The average molecular weight is 388 g/mol. The summed E-state index contributed by atoms with van der Waals surface area (Å²) in [5.74, 6) is -0.672. The van der Waals surface area contributed by atoms with Gasteiger partial charge in [-0.2, -0.15) is 0 Å². The highest BCUT2D eigenvalue weighted by Gasteiger charge is 2.22. The van der Waals surface area contributed by atoms with Gasteiger partial charge in [0.05, 0.1) is 6.61 Å². The summed E-state index contributed by atoms with van der Waals surface area (Å²) in [6.07, 6.45) is -0.879. The van der Waals surface area contributed by atoms with Crippen LogP contribution < -0.4 is 15.4 Å². The number of carbonyl (C=O) groups excluding carboxylic acids is 2. The summed E-state index contributed by atoms with van der Waals surface area (Å²) in [6, 6.07) is 6.74. The molecular formula is C13H14Cl4N2O3. The molecule has 0 aliphatic heterocycles. The van der Waals surface area contributed by atoms with Gasteiger partial charge in [0, 0.05) is 0 Å². The van der Waals surface area contributed by atoms with Gasteiger partial charge in [-0.25, -0.2) is 0 Å². The first-order valence-corrected chi connectivity index (χ1v) is 7.99. The molecule has 2 N–H and O–H groups in total. The van der Waals surface area contributed by atoms with Gasteiger partial charge in [-0.05, 0) is 24.6 Å². The number of hydrogen-bond acceptors (Lipinski definition) is 3. The maximum absolute atomic E-state index is 11.6. The molecule has 0 fully saturated rings. The van der Waals surface area contributed by atoms with Gasteiger partial charge >= 0.3 is 0 Å². The molecule has 0 heterocycles. The molecule has 9 heteroatoms. The Labute approximate surface area is 148 Å². The molecule has 0 radical (unpaired) electrons. The molecule has 0 aliphatic carbocycles. The first kappa shape index (κ1) is 19.2. The fourth-order valence-electron chi connectivity index (χ4n) is 1.54. The third-order valence-electron chi connectivity index (χ3n) is 2.49. The molecule has 1 aromatic rings. The lowest BCUT2D eigenvalue weighted by molar-refractivity contribution is -0.122. The predicted octanol–water partition coefficient (Wildman–Crippen LogP) is 2.92. The van der Waals surface area contributed by atoms with Crippen molar-refractivity contribution in [1.29, 1.82) is 0 Å². The van der Waals surface area contributed by atoms with Crippen LogP contribution in [0.4, 0.5) is 0 Å². The number of amides is 2. The number of halogens is 4. The minimum atomic E-state index is -1.27. The standard InChI is InChI=1S/C13H14Cl4N2O3/c1-2-22-8-5-3-7(4-6-8)11(18-12(20)9(14)15)19-13(21)10(16)17/h3-6,9-11H,2H2,1H3,(H,18,20)(H,19,21). The monoisotopic (exact) mass is 386 g/mol. The molecule has 1 rings (SSSR count). The van der Waals surface area contributed by atoms with Gasteiger partial charge in [0.1, 0.15) is 11.9 Å². The van der Waals surface area contributed by atoms with Crippen LogP contribution in [0.2, 0.25) is 0 Å². The molecule has 0 saturated heterocycles. The molecule has 0 aromatic heterocycles. The smallest absolute Gasteiger partial charge is 0.255 e. The van der Waals surface area contributed by atoms with Gasteiger partial charge in [-0.1, -0.05) is 58.5 Å². The second-order valence-electron chi connectivity index (χ2n) is 4.05. The first-order chi connectivity index (χ1) is 10.3. The number of alkyl halides is 4. The van der Waals surface area contributed by atoms with Crippen LogP contribution in [0.25, 0.3) is 0 Å². The van der Waals surface area contributed by atoms with Crippen LogP contribution in [0.3, 0.4) is 0 Å². The van der Waals surface area contributed by atoms with Crippen molar-refractivity contribution in [3.8, 4) is 5.75 Å². The van der Waals surface area contributed by atoms with Crippen LogP contribution in [0.1, 0.15) is 18.7 Å². The van der Waals surface area contributed by atoms with Crippen molar-refractivity contribution in [2.24, 2.45) is 0 Å². The normalized spacial score (nSPS) is 10.9. The van der Waals surface area contributed by atoms with Crippen LogP contribution >= 0.6 is 46.4 Å². The van der Waals surface area contributed by atoms with E-state index >= 15 is 0 Å². The number of benzene rings is 1. The van der Waals surface area contributed by atoms with Crippen LogP contribution in [0, 0.1) is 0 Å². The summed E-state index contributed by atoms with van der Waals surface area (Å²) in [5, 5.41) is 4.95. The number of rotatable bonds is 7. The SMILES string of the molecule is CCOc1ccc(C(NC(=O)C(Cl)Cl)NC(=O)C(Cl)Cl)cc1. The van der Waals surface area contributed by atoms with E-state index in [1.54, 1.807) is 24.3 Å². The Kier molecular flexibility index (Phi) is 8.10. The minimum Gasteiger partial charge on any atom is -0.494 e. The molecule has 0 saturated carbocycles. The summed E-state index contributed by atoms with van der Waals surface area (Å²) in [6.45, 7) is 2.38. The van der Waals surface area contributed by atoms with E-state index in [4.69, 9.17) is 51.1 Å². The zero-order valence-corrected chi connectivity index (χ0v) is 14.5. The van der Waals surface area contributed by atoms with Crippen LogP contribution in [-0.2, 0) is 9.59 Å². The first-order valence-electron chi connectivity index (χ1n) is 6.25. The molecule has 5 nitrogen and oxygen atoms in total. The predicted molar refractivity (Wildman–Crippen MR) is 87.6 cm³/mol. The van der Waals surface area contributed by atoms with Gasteiger partial charge in [-0.15, -0.1) is 0 Å². The Hall–Kier alpha value is -0.880. The van der Waals surface area contributed by atoms with E-state index in [0.717, 1.165) is 0 Å². The van der Waals surface area contributed by atoms with Crippen molar-refractivity contribution >= 4 is 58.2 Å². The van der Waals surface area contributed by atoms with E-state index in [-0.39, 0.29) is 0 Å². The number of carbonyl (C=O) groups is 2. The number of ether oxygens (including phenoxy) is 1. The topological polar surface area (TPSA) is 67.4 Å². The molecule has 0 spiro atoms. The van der Waals surface area contributed by atoms with Gasteiger partial charge < -0.3 is 15.4 Å². The summed E-state index contributed by atoms with van der Waals surface area (Å²) < 4.78 is 5.32. The quantitative estimate of drug-likeness (QED) is 0.558. The Bertz CT molecular complexity index is 487. The molecule has 22 heavy (non-hydrogen) atoms. The van der Waals surface area contributed by atoms with E-state index in [0.29, 0.717) is 17.9 Å². The molecule has 0 atom stereocenters. The highest BCUT2D eigenvalue weighted by Crippen LogP contribution is 2.18. The van der Waals surface area contributed by atoms with Crippen molar-refractivity contribution in [3.63, 3.8) is 0 Å². The highest BCUT2D eigenvalue weighted by molar-refractivity contribution is 6.54. The fourth-order valence-corrected chi connectivity index (χ4v) is 1.79. The lowest BCUT2D eigenvalue weighted by Gasteiger charge is -2.21. The van der Waals surface area contributed by atoms with Gasteiger partial charge in [0.2, 0.25) is 0 Å². The summed E-state index contributed by atoms with van der Waals surface area (Å²) in [7, 11) is 0. The van der Waals surface area contributed by atoms with Crippen molar-refractivity contribution in [2.75, 3.05) is 6.61 Å². The largest absolute Gasteiger partial charge is 0.494 e. The zero-order chi connectivity index (χ0) is 16.7. The van der Waals surface area contributed by atoms with E-state index in [9.17, 15) is 9.59 Å². The zero-order valence-electron chi connectivity index (χ0n) is 11.5. The van der Waals surface area contributed by atoms with E-state index < -0.39 is 27.7 Å². The third kappa shape index (κ3) is 6.08. The van der Waals surface area contributed by atoms with Crippen molar-refractivity contribution in [1.82, 2.24) is 10.6 Å². The van der Waals surface area contributed by atoms with Gasteiger partial charge in [0.15, 0.2) is 9.67 Å². The molecule has 0 aliphatic rings. The van der Waals surface area contributed by atoms with E-state index in [1.807, 2.05) is 6.92 Å². The molecule has 0 bridgehead atoms. The summed E-state index contributed by atoms with van der Waals surface area (Å²) in [5.41, 5.74) is 0.577. The maximum atomic E-state index is 11.6. The molecule has 0 unspecified atom stereocenters. The van der Waals surface area contributed by atoms with Gasteiger partial charge in [0.25, 0.3) is 11.8 Å². The van der Waals surface area contributed by atoms with E-state index in [1.165, 1.54) is 0 Å². The summed E-state index contributed by atoms with van der Waals surface area (Å²) in [4.78, 5) is 20.7. The Morgan fingerprint density at radius 3 is 1.82 bits per heavy atom. The van der Waals surface area contributed by atoms with Crippen LogP contribution in [0.15, 0.2) is 24.3 Å². The number of hydrogen-bond donors (Lipinski definition) is 2. The van der Waals surface area contributed by atoms with Crippen LogP contribution in [0.5, 0.6) is 5.75 Å². The van der Waals surface area contributed by atoms with Crippen molar-refractivity contribution < 1.29 is 14.3 Å². The summed E-state index contributed by atoms with van der Waals surface area (Å²) >= 11 is 22.0. The fraction of sp³-hybridized carbons (Fsp3) is 0.385. The van der Waals surface area contributed by atoms with E-state index in [2.05, 4.69) is 10.6 Å². The van der Waals surface area contributed by atoms with Crippen molar-refractivity contribution in [3.05, 3.63) is 29.8 Å². The molecular weight excluding hydrogens is 374 g/mol. The maximum Gasteiger partial charge on any atom is 0.255 e. The third-order valence-corrected chi connectivity index (χ3v) is 3.29. The molecule has 2 amide bonds. The van der Waals surface area contributed by atoms with Gasteiger partial charge in [-0.3, -0.25) is 9.59 Å². The Morgan fingerprint density at radius 1 is 1.00 bits per heavy atom. The Balaban J connectivity index is 2.92. The number of nitrogens with one attached hydrogen (secondary N) is 2.